The zero-order valence-electron chi connectivity index (χ0n) is 18.7. The van der Waals surface area contributed by atoms with E-state index in [0.717, 1.165) is 0 Å². The van der Waals surface area contributed by atoms with Crippen LogP contribution < -0.4 is 33.2 Å². The van der Waals surface area contributed by atoms with E-state index in [0.29, 0.717) is 12.2 Å². The third kappa shape index (κ3) is 13.1. The molecule has 16 heteroatoms. The van der Waals surface area contributed by atoms with Gasteiger partial charge in [0.05, 0.1) is 12.5 Å². The molecule has 194 valence electrons. The fourth-order valence-corrected chi connectivity index (χ4v) is 3.27. The van der Waals surface area contributed by atoms with Gasteiger partial charge in [-0.15, -0.1) is 0 Å². The van der Waals surface area contributed by atoms with Gasteiger partial charge in [0.15, 0.2) is 5.96 Å². The molecule has 14 nitrogen and oxygen atoms in total. The highest BCUT2D eigenvalue weighted by molar-refractivity contribution is 7.98. The van der Waals surface area contributed by atoms with Crippen LogP contribution in [0.3, 0.4) is 0 Å². The Morgan fingerprint density at radius 2 is 1.50 bits per heavy atom. The van der Waals surface area contributed by atoms with Gasteiger partial charge in [0.1, 0.15) is 18.1 Å². The van der Waals surface area contributed by atoms with Gasteiger partial charge < -0.3 is 43.4 Å². The van der Waals surface area contributed by atoms with Crippen molar-refractivity contribution >= 4 is 60.0 Å². The quantitative estimate of drug-likeness (QED) is 0.0403. The van der Waals surface area contributed by atoms with Gasteiger partial charge in [0.25, 0.3) is 0 Å². The molecular weight excluding hydrogens is 490 g/mol. The van der Waals surface area contributed by atoms with Crippen molar-refractivity contribution in [3.63, 3.8) is 0 Å². The van der Waals surface area contributed by atoms with Crippen molar-refractivity contribution in [2.24, 2.45) is 22.2 Å². The van der Waals surface area contributed by atoms with Gasteiger partial charge in [0.2, 0.25) is 17.7 Å². The lowest BCUT2D eigenvalue weighted by molar-refractivity contribution is -0.143. The molecule has 0 rings (SSSR count). The third-order valence-corrected chi connectivity index (χ3v) is 5.37. The Kier molecular flexibility index (Phi) is 15.5. The molecule has 0 saturated carbocycles. The number of carboxylic acid groups (broad SMARTS) is 2. The van der Waals surface area contributed by atoms with E-state index in [1.807, 2.05) is 0 Å². The first-order valence-corrected chi connectivity index (χ1v) is 12.2. The topological polar surface area (TPSA) is 252 Å². The van der Waals surface area contributed by atoms with E-state index >= 15 is 0 Å². The summed E-state index contributed by atoms with van der Waals surface area (Å²) in [5.74, 6) is -5.05. The summed E-state index contributed by atoms with van der Waals surface area (Å²) < 4.78 is 0. The Balaban J connectivity index is 5.13. The van der Waals surface area contributed by atoms with Crippen molar-refractivity contribution in [2.45, 2.75) is 49.9 Å². The van der Waals surface area contributed by atoms with E-state index in [-0.39, 0.29) is 31.1 Å². The van der Waals surface area contributed by atoms with Gasteiger partial charge in [-0.1, -0.05) is 0 Å². The predicted molar refractivity (Wildman–Crippen MR) is 130 cm³/mol. The molecule has 0 spiro atoms. The maximum Gasteiger partial charge on any atom is 0.326 e. The first-order valence-electron chi connectivity index (χ1n) is 10.2. The van der Waals surface area contributed by atoms with Gasteiger partial charge in [-0.25, -0.2) is 4.79 Å². The molecule has 0 heterocycles. The molecule has 0 bridgehead atoms. The number of thioether (sulfide) groups is 1. The third-order valence-electron chi connectivity index (χ3n) is 4.36. The maximum atomic E-state index is 12.6. The molecule has 4 atom stereocenters. The van der Waals surface area contributed by atoms with Crippen LogP contribution in [0.25, 0.3) is 0 Å². The fraction of sp³-hybridized carbons (Fsp3) is 0.667. The van der Waals surface area contributed by atoms with Gasteiger partial charge in [0, 0.05) is 12.3 Å². The number of nitrogens with zero attached hydrogens (tertiary/aromatic N) is 1. The van der Waals surface area contributed by atoms with E-state index < -0.39 is 60.2 Å². The van der Waals surface area contributed by atoms with Crippen molar-refractivity contribution in [3.8, 4) is 0 Å². The number of guanidine groups is 1. The van der Waals surface area contributed by atoms with Crippen LogP contribution in [0.2, 0.25) is 0 Å². The van der Waals surface area contributed by atoms with Gasteiger partial charge in [-0.2, -0.15) is 24.4 Å². The molecule has 0 aromatic heterocycles. The SMILES string of the molecule is CSCCC(NC(=O)C(CC(=O)O)NC(=O)C(CS)NC(=O)C(N)CCCN=C(N)N)C(=O)O. The minimum Gasteiger partial charge on any atom is -0.481 e. The number of thiol groups is 1. The zero-order valence-corrected chi connectivity index (χ0v) is 20.4. The number of hydrogen-bond acceptors (Lipinski definition) is 9. The van der Waals surface area contributed by atoms with Crippen LogP contribution in [-0.4, -0.2) is 94.3 Å². The second-order valence-electron chi connectivity index (χ2n) is 7.14. The lowest BCUT2D eigenvalue weighted by Gasteiger charge is -2.23. The van der Waals surface area contributed by atoms with E-state index in [2.05, 4.69) is 33.6 Å². The molecule has 0 aromatic rings. The average Bonchev–Trinajstić information content (AvgIpc) is 2.75. The lowest BCUT2D eigenvalue weighted by Crippen LogP contribution is -2.58. The van der Waals surface area contributed by atoms with E-state index in [1.165, 1.54) is 11.8 Å². The molecule has 0 aliphatic carbocycles. The maximum absolute atomic E-state index is 12.6. The van der Waals surface area contributed by atoms with Gasteiger partial charge in [-0.3, -0.25) is 24.2 Å². The monoisotopic (exact) mass is 523 g/mol. The Bertz CT molecular complexity index is 750. The van der Waals surface area contributed by atoms with Crippen molar-refractivity contribution in [3.05, 3.63) is 0 Å². The van der Waals surface area contributed by atoms with Crippen LogP contribution in [0.15, 0.2) is 4.99 Å². The number of nitrogens with two attached hydrogens (primary N) is 3. The van der Waals surface area contributed by atoms with E-state index in [4.69, 9.17) is 22.3 Å². The van der Waals surface area contributed by atoms with Crippen LogP contribution in [0.1, 0.15) is 25.7 Å². The summed E-state index contributed by atoms with van der Waals surface area (Å²) in [5, 5.41) is 25.2. The van der Waals surface area contributed by atoms with Crippen LogP contribution in [0.4, 0.5) is 0 Å². The highest BCUT2D eigenvalue weighted by atomic mass is 32.2. The summed E-state index contributed by atoms with van der Waals surface area (Å²) in [5.41, 5.74) is 16.2. The Morgan fingerprint density at radius 3 is 2.00 bits per heavy atom. The lowest BCUT2D eigenvalue weighted by atomic mass is 10.1. The molecule has 0 aromatic carbocycles. The number of nitrogens with one attached hydrogen (secondary N) is 3. The van der Waals surface area contributed by atoms with Crippen LogP contribution >= 0.6 is 24.4 Å². The minimum atomic E-state index is -1.58. The number of aliphatic carboxylic acids is 2. The molecule has 4 unspecified atom stereocenters. The number of aliphatic imine (C=N–C) groups is 1. The van der Waals surface area contributed by atoms with Crippen molar-refractivity contribution in [1.82, 2.24) is 16.0 Å². The minimum absolute atomic E-state index is 0.0938. The summed E-state index contributed by atoms with van der Waals surface area (Å²) in [6, 6.07) is -5.04. The van der Waals surface area contributed by atoms with E-state index in [9.17, 15) is 29.1 Å². The van der Waals surface area contributed by atoms with Crippen molar-refractivity contribution in [2.75, 3.05) is 24.3 Å². The smallest absolute Gasteiger partial charge is 0.326 e. The summed E-state index contributed by atoms with van der Waals surface area (Å²) in [6.07, 6.45) is 1.69. The number of carbonyl (C=O) groups excluding carboxylic acids is 3. The number of hydrogen-bond donors (Lipinski definition) is 9. The Labute approximate surface area is 206 Å². The van der Waals surface area contributed by atoms with Crippen molar-refractivity contribution in [1.29, 1.82) is 0 Å². The standard InChI is InChI=1S/C18H33N7O7S2/c1-34-6-4-10(17(31)32)23-15(29)11(7-13(26)27)24-16(30)12(8-33)25-14(28)9(19)3-2-5-22-18(20)21/h9-12,33H,2-8,19H2,1H3,(H,23,29)(H,24,30)(H,25,28)(H,26,27)(H,31,32)(H4,20,21,22). The number of carbonyl (C=O) groups is 5. The average molecular weight is 524 g/mol. The first kappa shape index (κ1) is 31.3. The zero-order chi connectivity index (χ0) is 26.3. The number of rotatable bonds is 17. The summed E-state index contributed by atoms with van der Waals surface area (Å²) >= 11 is 5.38. The second kappa shape index (κ2) is 16.8. The molecule has 0 radical (unpaired) electrons. The molecule has 0 saturated heterocycles. The highest BCUT2D eigenvalue weighted by Crippen LogP contribution is 2.04. The highest BCUT2D eigenvalue weighted by Gasteiger charge is 2.31. The largest absolute Gasteiger partial charge is 0.481 e. The predicted octanol–water partition coefficient (Wildman–Crippen LogP) is -2.94. The first-order chi connectivity index (χ1) is 15.9. The molecule has 34 heavy (non-hydrogen) atoms. The van der Waals surface area contributed by atoms with Crippen LogP contribution in [0.5, 0.6) is 0 Å². The summed E-state index contributed by atoms with van der Waals surface area (Å²) in [7, 11) is 0. The number of amides is 3. The summed E-state index contributed by atoms with van der Waals surface area (Å²) in [6.45, 7) is 0.264. The number of carboxylic acids is 2. The second-order valence-corrected chi connectivity index (χ2v) is 8.49. The molecule has 3 amide bonds. The van der Waals surface area contributed by atoms with Crippen molar-refractivity contribution < 1.29 is 34.2 Å². The van der Waals surface area contributed by atoms with E-state index in [1.54, 1.807) is 6.26 Å². The van der Waals surface area contributed by atoms with Crippen LogP contribution in [-0.2, 0) is 24.0 Å². The molecule has 0 aliphatic rings. The van der Waals surface area contributed by atoms with Crippen LogP contribution in [0, 0.1) is 0 Å². The normalized spacial score (nSPS) is 14.1. The fourth-order valence-electron chi connectivity index (χ4n) is 2.54. The molecule has 11 N–H and O–H groups in total. The van der Waals surface area contributed by atoms with Gasteiger partial charge in [-0.05, 0) is 31.3 Å². The molecular formula is C18H33N7O7S2. The Hall–Kier alpha value is -2.72. The molecule has 0 fully saturated rings. The molecule has 0 aliphatic heterocycles. The van der Waals surface area contributed by atoms with Gasteiger partial charge >= 0.3 is 11.9 Å². The Morgan fingerprint density at radius 1 is 0.941 bits per heavy atom. The summed E-state index contributed by atoms with van der Waals surface area (Å²) in [4.78, 5) is 63.7.